The number of nitrogens with zero attached hydrogens (tertiary/aromatic N) is 1. The lowest BCUT2D eigenvalue weighted by Gasteiger charge is -2.07. The molecule has 1 unspecified atom stereocenters. The van der Waals surface area contributed by atoms with Crippen LogP contribution in [-0.4, -0.2) is 22.0 Å². The summed E-state index contributed by atoms with van der Waals surface area (Å²) in [4.78, 5) is 20.7. The third-order valence-electron chi connectivity index (χ3n) is 2.30. The second-order valence-corrected chi connectivity index (χ2v) is 3.56. The largest absolute Gasteiger partial charge is 0.481 e. The number of carbonyl (C=O) groups is 1. The van der Waals surface area contributed by atoms with Gasteiger partial charge < -0.3 is 5.11 Å². The molecule has 0 radical (unpaired) electrons. The van der Waals surface area contributed by atoms with Crippen molar-refractivity contribution in [3.63, 3.8) is 0 Å². The van der Waals surface area contributed by atoms with Gasteiger partial charge in [-0.15, -0.1) is 0 Å². The molecule has 0 aliphatic heterocycles. The lowest BCUT2D eigenvalue weighted by atomic mass is 10.0. The van der Waals surface area contributed by atoms with Gasteiger partial charge in [0.1, 0.15) is 0 Å². The zero-order valence-corrected chi connectivity index (χ0v) is 8.70. The van der Waals surface area contributed by atoms with E-state index in [2.05, 4.69) is 0 Å². The number of carboxylic acid groups (broad SMARTS) is 1. The number of nitro groups is 1. The van der Waals surface area contributed by atoms with E-state index < -0.39 is 16.9 Å². The van der Waals surface area contributed by atoms with Gasteiger partial charge in [-0.05, 0) is 5.56 Å². The first-order valence-electron chi connectivity index (χ1n) is 4.99. The smallest absolute Gasteiger partial charge is 0.303 e. The van der Waals surface area contributed by atoms with Crippen LogP contribution in [0, 0.1) is 10.1 Å². The summed E-state index contributed by atoms with van der Waals surface area (Å²) in [6.07, 6.45) is 0.177. The Morgan fingerprint density at radius 1 is 1.38 bits per heavy atom. The Bertz CT molecular complexity index is 364. The van der Waals surface area contributed by atoms with Crippen molar-refractivity contribution >= 4 is 5.97 Å². The molecule has 5 heteroatoms. The Morgan fingerprint density at radius 3 is 2.50 bits per heavy atom. The van der Waals surface area contributed by atoms with E-state index in [-0.39, 0.29) is 19.3 Å². The maximum absolute atomic E-state index is 10.7. The Kier molecular flexibility index (Phi) is 4.44. The van der Waals surface area contributed by atoms with Gasteiger partial charge in [-0.2, -0.15) is 0 Å². The van der Waals surface area contributed by atoms with Crippen LogP contribution in [0.15, 0.2) is 30.3 Å². The van der Waals surface area contributed by atoms with Gasteiger partial charge in [0.2, 0.25) is 6.04 Å². The highest BCUT2D eigenvalue weighted by Gasteiger charge is 2.21. The molecular weight excluding hydrogens is 210 g/mol. The maximum Gasteiger partial charge on any atom is 0.303 e. The zero-order chi connectivity index (χ0) is 12.0. The lowest BCUT2D eigenvalue weighted by molar-refractivity contribution is -0.522. The molecule has 0 aliphatic rings. The van der Waals surface area contributed by atoms with Gasteiger partial charge in [0.05, 0.1) is 6.42 Å². The van der Waals surface area contributed by atoms with Crippen LogP contribution in [0.4, 0.5) is 0 Å². The van der Waals surface area contributed by atoms with Crippen LogP contribution in [0.5, 0.6) is 0 Å². The zero-order valence-electron chi connectivity index (χ0n) is 8.70. The second-order valence-electron chi connectivity index (χ2n) is 3.56. The Labute approximate surface area is 92.9 Å². The number of hydrogen-bond donors (Lipinski definition) is 1. The molecule has 0 aliphatic carbocycles. The quantitative estimate of drug-likeness (QED) is 0.588. The van der Waals surface area contributed by atoms with Crippen molar-refractivity contribution in [1.29, 1.82) is 0 Å². The van der Waals surface area contributed by atoms with Crippen molar-refractivity contribution in [2.75, 3.05) is 0 Å². The summed E-state index contributed by atoms with van der Waals surface area (Å²) in [5.41, 5.74) is 0.856. The molecule has 0 amide bonds. The number of benzene rings is 1. The number of carboxylic acids is 1. The van der Waals surface area contributed by atoms with E-state index in [0.29, 0.717) is 0 Å². The van der Waals surface area contributed by atoms with E-state index in [1.807, 2.05) is 18.2 Å². The molecule has 0 saturated carbocycles. The van der Waals surface area contributed by atoms with Crippen molar-refractivity contribution in [1.82, 2.24) is 0 Å². The van der Waals surface area contributed by atoms with E-state index >= 15 is 0 Å². The summed E-state index contributed by atoms with van der Waals surface area (Å²) in [5, 5.41) is 19.2. The van der Waals surface area contributed by atoms with Crippen LogP contribution in [0.2, 0.25) is 0 Å². The van der Waals surface area contributed by atoms with Crippen LogP contribution in [0.1, 0.15) is 18.4 Å². The minimum Gasteiger partial charge on any atom is -0.481 e. The fraction of sp³-hybridized carbons (Fsp3) is 0.364. The number of rotatable bonds is 6. The number of aliphatic carboxylic acids is 1. The Morgan fingerprint density at radius 2 is 2.00 bits per heavy atom. The van der Waals surface area contributed by atoms with E-state index in [0.717, 1.165) is 5.56 Å². The van der Waals surface area contributed by atoms with Gasteiger partial charge in [-0.1, -0.05) is 30.3 Å². The predicted octanol–water partition coefficient (Wildman–Crippen LogP) is 1.74. The van der Waals surface area contributed by atoms with Crippen molar-refractivity contribution in [2.24, 2.45) is 0 Å². The molecule has 1 aromatic rings. The molecule has 0 aromatic heterocycles. The van der Waals surface area contributed by atoms with Gasteiger partial charge in [-0.25, -0.2) is 0 Å². The summed E-state index contributed by atoms with van der Waals surface area (Å²) in [7, 11) is 0. The lowest BCUT2D eigenvalue weighted by Crippen LogP contribution is -2.23. The highest BCUT2D eigenvalue weighted by molar-refractivity contribution is 5.66. The molecule has 1 atom stereocenters. The van der Waals surface area contributed by atoms with Gasteiger partial charge in [-0.3, -0.25) is 14.9 Å². The van der Waals surface area contributed by atoms with Gasteiger partial charge >= 0.3 is 5.97 Å². The van der Waals surface area contributed by atoms with Crippen LogP contribution < -0.4 is 0 Å². The second kappa shape index (κ2) is 5.85. The summed E-state index contributed by atoms with van der Waals surface area (Å²) >= 11 is 0. The molecule has 5 nitrogen and oxygen atoms in total. The molecule has 0 fully saturated rings. The van der Waals surface area contributed by atoms with Crippen molar-refractivity contribution in [3.8, 4) is 0 Å². The summed E-state index contributed by atoms with van der Waals surface area (Å²) in [6.45, 7) is 0. The molecule has 0 saturated heterocycles. The average molecular weight is 223 g/mol. The van der Waals surface area contributed by atoms with E-state index in [1.165, 1.54) is 0 Å². The molecule has 16 heavy (non-hydrogen) atoms. The summed E-state index contributed by atoms with van der Waals surface area (Å²) < 4.78 is 0. The first kappa shape index (κ1) is 12.2. The van der Waals surface area contributed by atoms with Crippen molar-refractivity contribution < 1.29 is 14.8 Å². The van der Waals surface area contributed by atoms with Crippen LogP contribution in [0.3, 0.4) is 0 Å². The van der Waals surface area contributed by atoms with Gasteiger partial charge in [0.15, 0.2) is 0 Å². The first-order chi connectivity index (χ1) is 7.59. The monoisotopic (exact) mass is 223 g/mol. The predicted molar refractivity (Wildman–Crippen MR) is 57.8 cm³/mol. The fourth-order valence-corrected chi connectivity index (χ4v) is 1.46. The summed E-state index contributed by atoms with van der Waals surface area (Å²) in [6, 6.07) is 8.24. The highest BCUT2D eigenvalue weighted by atomic mass is 16.6. The Hall–Kier alpha value is -1.91. The normalized spacial score (nSPS) is 12.0. The minimum absolute atomic E-state index is 0.0667. The Balaban J connectivity index is 2.58. The first-order valence-corrected chi connectivity index (χ1v) is 4.99. The van der Waals surface area contributed by atoms with E-state index in [1.54, 1.807) is 12.1 Å². The fourth-order valence-electron chi connectivity index (χ4n) is 1.46. The molecule has 86 valence electrons. The highest BCUT2D eigenvalue weighted by Crippen LogP contribution is 2.10. The molecular formula is C11H13NO4. The van der Waals surface area contributed by atoms with Crippen LogP contribution >= 0.6 is 0 Å². The SMILES string of the molecule is O=C(O)CCC(Cc1ccccc1)[N+](=O)[O-]. The standard InChI is InChI=1S/C11H13NO4/c13-11(14)7-6-10(12(15)16)8-9-4-2-1-3-5-9/h1-5,10H,6-8H2,(H,13,14). The van der Waals surface area contributed by atoms with E-state index in [4.69, 9.17) is 5.11 Å². The molecule has 1 aromatic carbocycles. The van der Waals surface area contributed by atoms with Gasteiger partial charge in [0.25, 0.3) is 0 Å². The molecule has 1 rings (SSSR count). The summed E-state index contributed by atoms with van der Waals surface area (Å²) in [5.74, 6) is -1.00. The average Bonchev–Trinajstić information content (AvgIpc) is 2.25. The molecule has 1 N–H and O–H groups in total. The van der Waals surface area contributed by atoms with Crippen molar-refractivity contribution in [2.45, 2.75) is 25.3 Å². The molecule has 0 spiro atoms. The van der Waals surface area contributed by atoms with Crippen molar-refractivity contribution in [3.05, 3.63) is 46.0 Å². The van der Waals surface area contributed by atoms with Gasteiger partial charge in [0, 0.05) is 17.8 Å². The number of hydrogen-bond acceptors (Lipinski definition) is 3. The molecule has 0 bridgehead atoms. The molecule has 0 heterocycles. The van der Waals surface area contributed by atoms with E-state index in [9.17, 15) is 14.9 Å². The van der Waals surface area contributed by atoms with Crippen LogP contribution in [-0.2, 0) is 11.2 Å². The topological polar surface area (TPSA) is 80.4 Å². The minimum atomic E-state index is -1.00. The third kappa shape index (κ3) is 4.08. The van der Waals surface area contributed by atoms with Crippen LogP contribution in [0.25, 0.3) is 0 Å². The third-order valence-corrected chi connectivity index (χ3v) is 2.30. The maximum atomic E-state index is 10.7.